The quantitative estimate of drug-likeness (QED) is 0.561. The van der Waals surface area contributed by atoms with Crippen LogP contribution < -0.4 is 0 Å². The first-order valence-corrected chi connectivity index (χ1v) is 4.49. The van der Waals surface area contributed by atoms with E-state index in [0.717, 1.165) is 25.6 Å². The molecule has 0 aromatic heterocycles. The predicted molar refractivity (Wildman–Crippen MR) is 45.1 cm³/mol. The Morgan fingerprint density at radius 1 is 1.55 bits per heavy atom. The summed E-state index contributed by atoms with van der Waals surface area (Å²) in [7, 11) is 0. The molecule has 2 nitrogen and oxygen atoms in total. The second-order valence-corrected chi connectivity index (χ2v) is 3.12. The molecular weight excluding hydrogens is 136 g/mol. The molecule has 1 aliphatic rings. The molecule has 0 aromatic rings. The van der Waals surface area contributed by atoms with Crippen molar-refractivity contribution in [1.29, 1.82) is 5.26 Å². The van der Waals surface area contributed by atoms with Gasteiger partial charge >= 0.3 is 0 Å². The van der Waals surface area contributed by atoms with Gasteiger partial charge in [-0.05, 0) is 32.4 Å². The van der Waals surface area contributed by atoms with E-state index in [2.05, 4.69) is 17.9 Å². The summed E-state index contributed by atoms with van der Waals surface area (Å²) in [5.74, 6) is 0. The Balaban J connectivity index is 2.06. The Hall–Kier alpha value is -0.550. The van der Waals surface area contributed by atoms with Crippen LogP contribution in [0.3, 0.4) is 0 Å². The SMILES string of the molecule is CCN(CCCC#N)C1CC1. The number of unbranched alkanes of at least 4 members (excludes halogenated alkanes) is 1. The molecule has 1 saturated carbocycles. The molecule has 0 unspecified atom stereocenters. The van der Waals surface area contributed by atoms with E-state index in [1.165, 1.54) is 12.8 Å². The minimum absolute atomic E-state index is 0.712. The fraction of sp³-hybridized carbons (Fsp3) is 0.889. The number of hydrogen-bond donors (Lipinski definition) is 0. The first-order valence-electron chi connectivity index (χ1n) is 4.49. The van der Waals surface area contributed by atoms with Crippen molar-refractivity contribution in [1.82, 2.24) is 4.90 Å². The Bertz CT molecular complexity index is 144. The lowest BCUT2D eigenvalue weighted by Crippen LogP contribution is -2.26. The molecule has 0 N–H and O–H groups in total. The highest BCUT2D eigenvalue weighted by Gasteiger charge is 2.26. The van der Waals surface area contributed by atoms with Crippen molar-refractivity contribution in [3.05, 3.63) is 0 Å². The van der Waals surface area contributed by atoms with Crippen molar-refractivity contribution in [2.45, 2.75) is 38.6 Å². The van der Waals surface area contributed by atoms with Crippen LogP contribution in [0.1, 0.15) is 32.6 Å². The molecule has 0 heterocycles. The highest BCUT2D eigenvalue weighted by molar-refractivity contribution is 4.84. The maximum absolute atomic E-state index is 8.34. The first-order chi connectivity index (χ1) is 5.38. The van der Waals surface area contributed by atoms with Crippen molar-refractivity contribution in [3.8, 4) is 6.07 Å². The Morgan fingerprint density at radius 2 is 2.27 bits per heavy atom. The van der Waals surface area contributed by atoms with Crippen LogP contribution in [0.15, 0.2) is 0 Å². The van der Waals surface area contributed by atoms with Crippen LogP contribution in [0.4, 0.5) is 0 Å². The lowest BCUT2D eigenvalue weighted by molar-refractivity contribution is 0.275. The van der Waals surface area contributed by atoms with Gasteiger partial charge in [0.05, 0.1) is 6.07 Å². The molecule has 1 aliphatic carbocycles. The summed E-state index contributed by atoms with van der Waals surface area (Å²) < 4.78 is 0. The molecule has 0 aromatic carbocycles. The molecule has 0 amide bonds. The highest BCUT2D eigenvalue weighted by Crippen LogP contribution is 2.26. The maximum Gasteiger partial charge on any atom is 0.0622 e. The molecule has 11 heavy (non-hydrogen) atoms. The Morgan fingerprint density at radius 3 is 2.73 bits per heavy atom. The first kappa shape index (κ1) is 8.55. The topological polar surface area (TPSA) is 27.0 Å². The number of hydrogen-bond acceptors (Lipinski definition) is 2. The van der Waals surface area contributed by atoms with Gasteiger partial charge in [0.25, 0.3) is 0 Å². The van der Waals surface area contributed by atoms with Crippen LogP contribution in [0.5, 0.6) is 0 Å². The molecule has 0 atom stereocenters. The average Bonchev–Trinajstić information content (AvgIpc) is 2.81. The van der Waals surface area contributed by atoms with Gasteiger partial charge in [0, 0.05) is 12.5 Å². The van der Waals surface area contributed by atoms with Crippen LogP contribution in [-0.4, -0.2) is 24.0 Å². The molecule has 62 valence electrons. The van der Waals surface area contributed by atoms with Crippen molar-refractivity contribution in [2.75, 3.05) is 13.1 Å². The van der Waals surface area contributed by atoms with Gasteiger partial charge in [-0.3, -0.25) is 0 Å². The lowest BCUT2D eigenvalue weighted by Gasteiger charge is -2.18. The smallest absolute Gasteiger partial charge is 0.0622 e. The van der Waals surface area contributed by atoms with Crippen molar-refractivity contribution >= 4 is 0 Å². The van der Waals surface area contributed by atoms with Gasteiger partial charge in [-0.25, -0.2) is 0 Å². The van der Waals surface area contributed by atoms with E-state index in [1.807, 2.05) is 0 Å². The van der Waals surface area contributed by atoms with Crippen LogP contribution in [-0.2, 0) is 0 Å². The van der Waals surface area contributed by atoms with E-state index in [0.29, 0.717) is 6.42 Å². The maximum atomic E-state index is 8.34. The summed E-state index contributed by atoms with van der Waals surface area (Å²) in [4.78, 5) is 2.48. The summed E-state index contributed by atoms with van der Waals surface area (Å²) in [6.45, 7) is 4.47. The third kappa shape index (κ3) is 2.90. The van der Waals surface area contributed by atoms with Gasteiger partial charge in [0.1, 0.15) is 0 Å². The van der Waals surface area contributed by atoms with Crippen LogP contribution >= 0.6 is 0 Å². The zero-order chi connectivity index (χ0) is 8.10. The van der Waals surface area contributed by atoms with Crippen LogP contribution in [0, 0.1) is 11.3 Å². The van der Waals surface area contributed by atoms with Gasteiger partial charge in [0.15, 0.2) is 0 Å². The van der Waals surface area contributed by atoms with E-state index in [1.54, 1.807) is 0 Å². The second-order valence-electron chi connectivity index (χ2n) is 3.12. The van der Waals surface area contributed by atoms with E-state index >= 15 is 0 Å². The van der Waals surface area contributed by atoms with E-state index in [4.69, 9.17) is 5.26 Å². The number of rotatable bonds is 5. The highest BCUT2D eigenvalue weighted by atomic mass is 15.2. The third-order valence-electron chi connectivity index (χ3n) is 2.20. The zero-order valence-electron chi connectivity index (χ0n) is 7.21. The van der Waals surface area contributed by atoms with Crippen molar-refractivity contribution in [2.24, 2.45) is 0 Å². The average molecular weight is 152 g/mol. The standard InChI is InChI=1S/C9H16N2/c1-2-11(9-5-6-9)8-4-3-7-10/h9H,2-6,8H2,1H3. The van der Waals surface area contributed by atoms with Crippen molar-refractivity contribution < 1.29 is 0 Å². The van der Waals surface area contributed by atoms with Gasteiger partial charge < -0.3 is 4.90 Å². The van der Waals surface area contributed by atoms with Gasteiger partial charge in [-0.1, -0.05) is 6.92 Å². The largest absolute Gasteiger partial charge is 0.301 e. The fourth-order valence-electron chi connectivity index (χ4n) is 1.40. The van der Waals surface area contributed by atoms with Crippen molar-refractivity contribution in [3.63, 3.8) is 0 Å². The summed E-state index contributed by atoms with van der Waals surface area (Å²) in [5, 5.41) is 8.34. The van der Waals surface area contributed by atoms with E-state index < -0.39 is 0 Å². The van der Waals surface area contributed by atoms with Gasteiger partial charge in [-0.2, -0.15) is 5.26 Å². The summed E-state index contributed by atoms with van der Waals surface area (Å²) in [5.41, 5.74) is 0. The molecule has 2 heteroatoms. The van der Waals surface area contributed by atoms with Gasteiger partial charge in [-0.15, -0.1) is 0 Å². The zero-order valence-corrected chi connectivity index (χ0v) is 7.21. The Kier molecular flexibility index (Phi) is 3.38. The molecule has 0 radical (unpaired) electrons. The second kappa shape index (κ2) is 4.35. The molecular formula is C9H16N2. The van der Waals surface area contributed by atoms with Gasteiger partial charge in [0.2, 0.25) is 0 Å². The summed E-state index contributed by atoms with van der Waals surface area (Å²) in [6, 6.07) is 3.04. The number of nitrogens with zero attached hydrogens (tertiary/aromatic N) is 2. The minimum atomic E-state index is 0.712. The molecule has 0 saturated heterocycles. The van der Waals surface area contributed by atoms with E-state index in [9.17, 15) is 0 Å². The predicted octanol–water partition coefficient (Wildman–Crippen LogP) is 1.77. The third-order valence-corrected chi connectivity index (χ3v) is 2.20. The summed E-state index contributed by atoms with van der Waals surface area (Å²) in [6.07, 6.45) is 4.50. The number of nitriles is 1. The van der Waals surface area contributed by atoms with Crippen LogP contribution in [0.2, 0.25) is 0 Å². The monoisotopic (exact) mass is 152 g/mol. The molecule has 0 aliphatic heterocycles. The molecule has 1 rings (SSSR count). The van der Waals surface area contributed by atoms with Crippen LogP contribution in [0.25, 0.3) is 0 Å². The van der Waals surface area contributed by atoms with E-state index in [-0.39, 0.29) is 0 Å². The molecule has 0 bridgehead atoms. The lowest BCUT2D eigenvalue weighted by atomic mass is 10.3. The summed E-state index contributed by atoms with van der Waals surface area (Å²) >= 11 is 0. The molecule has 0 spiro atoms. The Labute approximate surface area is 68.8 Å². The fourth-order valence-corrected chi connectivity index (χ4v) is 1.40. The molecule has 1 fully saturated rings. The normalized spacial score (nSPS) is 16.8. The minimum Gasteiger partial charge on any atom is -0.301 e.